The van der Waals surface area contributed by atoms with Crippen molar-refractivity contribution in [3.05, 3.63) is 57.8 Å². The highest BCUT2D eigenvalue weighted by molar-refractivity contribution is 7.98. The normalized spacial score (nSPS) is 10.8. The molecule has 3 heterocycles. The van der Waals surface area contributed by atoms with Gasteiger partial charge in [0.05, 0.1) is 0 Å². The second-order valence-corrected chi connectivity index (χ2v) is 6.68. The number of thiophene rings is 1. The zero-order valence-electron chi connectivity index (χ0n) is 11.0. The lowest BCUT2D eigenvalue weighted by molar-refractivity contribution is 0.938. The van der Waals surface area contributed by atoms with Crippen molar-refractivity contribution in [2.75, 3.05) is 0 Å². The van der Waals surface area contributed by atoms with Gasteiger partial charge in [-0.3, -0.25) is 10.1 Å². The van der Waals surface area contributed by atoms with E-state index in [1.54, 1.807) is 18.0 Å². The van der Waals surface area contributed by atoms with Gasteiger partial charge in [-0.25, -0.2) is 4.98 Å². The van der Waals surface area contributed by atoms with Gasteiger partial charge >= 0.3 is 0 Å². The van der Waals surface area contributed by atoms with Gasteiger partial charge in [0.1, 0.15) is 5.82 Å². The third kappa shape index (κ3) is 3.46. The molecule has 0 amide bonds. The van der Waals surface area contributed by atoms with Gasteiger partial charge < -0.3 is 0 Å². The van der Waals surface area contributed by atoms with Crippen molar-refractivity contribution in [1.82, 2.24) is 20.2 Å². The summed E-state index contributed by atoms with van der Waals surface area (Å²) in [6, 6.07) is 10.2. The van der Waals surface area contributed by atoms with E-state index in [4.69, 9.17) is 0 Å². The van der Waals surface area contributed by atoms with E-state index in [9.17, 15) is 0 Å². The minimum atomic E-state index is 0.687. The molecule has 0 aliphatic heterocycles. The summed E-state index contributed by atoms with van der Waals surface area (Å²) in [6.07, 6.45) is 2.48. The number of thioether (sulfide) groups is 1. The van der Waals surface area contributed by atoms with Gasteiger partial charge in [-0.2, -0.15) is 0 Å². The van der Waals surface area contributed by atoms with Gasteiger partial charge in [-0.1, -0.05) is 17.8 Å². The highest BCUT2D eigenvalue weighted by Crippen LogP contribution is 2.24. The highest BCUT2D eigenvalue weighted by atomic mass is 32.2. The fourth-order valence-corrected chi connectivity index (χ4v) is 3.54. The maximum Gasteiger partial charge on any atom is 0.208 e. The lowest BCUT2D eigenvalue weighted by atomic mass is 10.3. The molecule has 3 aromatic rings. The number of rotatable bonds is 5. The Hall–Kier alpha value is -1.66. The van der Waals surface area contributed by atoms with E-state index in [-0.39, 0.29) is 0 Å². The topological polar surface area (TPSA) is 54.5 Å². The molecular weight excluding hydrogens is 288 g/mol. The van der Waals surface area contributed by atoms with Gasteiger partial charge in [0, 0.05) is 33.8 Å². The minimum Gasteiger partial charge on any atom is -0.262 e. The van der Waals surface area contributed by atoms with E-state index in [0.29, 0.717) is 6.42 Å². The monoisotopic (exact) mass is 302 g/mol. The average molecular weight is 302 g/mol. The molecule has 0 unspecified atom stereocenters. The van der Waals surface area contributed by atoms with Crippen LogP contribution in [0.2, 0.25) is 0 Å². The molecule has 0 radical (unpaired) electrons. The second kappa shape index (κ2) is 6.19. The quantitative estimate of drug-likeness (QED) is 0.733. The van der Waals surface area contributed by atoms with Crippen LogP contribution in [-0.4, -0.2) is 20.2 Å². The van der Waals surface area contributed by atoms with Gasteiger partial charge in [-0.15, -0.1) is 16.4 Å². The van der Waals surface area contributed by atoms with Gasteiger partial charge in [0.25, 0.3) is 0 Å². The van der Waals surface area contributed by atoms with Crippen molar-refractivity contribution in [3.63, 3.8) is 0 Å². The van der Waals surface area contributed by atoms with Crippen LogP contribution in [0.15, 0.2) is 41.7 Å². The van der Waals surface area contributed by atoms with E-state index < -0.39 is 0 Å². The lowest BCUT2D eigenvalue weighted by Gasteiger charge is -1.95. The van der Waals surface area contributed by atoms with Crippen molar-refractivity contribution < 1.29 is 0 Å². The Balaban J connectivity index is 1.59. The number of hydrogen-bond acceptors (Lipinski definition) is 5. The molecule has 0 aliphatic rings. The van der Waals surface area contributed by atoms with Crippen LogP contribution in [0.4, 0.5) is 0 Å². The van der Waals surface area contributed by atoms with E-state index >= 15 is 0 Å². The summed E-state index contributed by atoms with van der Waals surface area (Å²) in [6.45, 7) is 2.12. The van der Waals surface area contributed by atoms with Gasteiger partial charge in [0.2, 0.25) is 5.16 Å². The molecule has 0 spiro atoms. The Morgan fingerprint density at radius 3 is 2.95 bits per heavy atom. The number of hydrogen-bond donors (Lipinski definition) is 1. The van der Waals surface area contributed by atoms with Crippen molar-refractivity contribution >= 4 is 23.1 Å². The van der Waals surface area contributed by atoms with E-state index in [0.717, 1.165) is 22.4 Å². The number of aryl methyl sites for hydroxylation is 1. The fourth-order valence-electron chi connectivity index (χ4n) is 1.79. The third-order valence-electron chi connectivity index (χ3n) is 2.73. The number of H-pyrrole nitrogens is 1. The van der Waals surface area contributed by atoms with Gasteiger partial charge in [-0.05, 0) is 31.2 Å². The maximum absolute atomic E-state index is 4.49. The van der Waals surface area contributed by atoms with Crippen LogP contribution >= 0.6 is 23.1 Å². The number of nitrogens with zero attached hydrogens (tertiary/aromatic N) is 3. The molecule has 3 rings (SSSR count). The summed E-state index contributed by atoms with van der Waals surface area (Å²) in [5.74, 6) is 1.77. The van der Waals surface area contributed by atoms with Crippen molar-refractivity contribution in [2.24, 2.45) is 0 Å². The Kier molecular flexibility index (Phi) is 4.13. The molecule has 0 aromatic carbocycles. The number of aromatic amines is 1. The Labute approximate surface area is 125 Å². The van der Waals surface area contributed by atoms with Crippen molar-refractivity contribution in [3.8, 4) is 0 Å². The molecule has 0 aliphatic carbocycles. The summed E-state index contributed by atoms with van der Waals surface area (Å²) in [4.78, 5) is 11.5. The minimum absolute atomic E-state index is 0.687. The van der Waals surface area contributed by atoms with E-state index in [1.165, 1.54) is 9.75 Å². The molecule has 20 heavy (non-hydrogen) atoms. The largest absolute Gasteiger partial charge is 0.262 e. The van der Waals surface area contributed by atoms with E-state index in [2.05, 4.69) is 39.2 Å². The maximum atomic E-state index is 4.49. The van der Waals surface area contributed by atoms with Crippen LogP contribution in [0, 0.1) is 6.92 Å². The average Bonchev–Trinajstić information content (AvgIpc) is 3.07. The smallest absolute Gasteiger partial charge is 0.208 e. The summed E-state index contributed by atoms with van der Waals surface area (Å²) >= 11 is 3.47. The first-order valence-corrected chi connectivity index (χ1v) is 8.09. The first-order chi connectivity index (χ1) is 9.79. The summed E-state index contributed by atoms with van der Waals surface area (Å²) in [5, 5.41) is 8.01. The molecule has 1 N–H and O–H groups in total. The molecular formula is C14H14N4S2. The first kappa shape index (κ1) is 13.3. The predicted octanol–water partition coefficient (Wildman–Crippen LogP) is 3.45. The molecule has 4 nitrogen and oxygen atoms in total. The molecule has 0 saturated carbocycles. The summed E-state index contributed by atoms with van der Waals surface area (Å²) in [5.41, 5.74) is 0.995. The van der Waals surface area contributed by atoms with Crippen LogP contribution in [-0.2, 0) is 12.2 Å². The van der Waals surface area contributed by atoms with Crippen LogP contribution in [0.3, 0.4) is 0 Å². The number of pyridine rings is 1. The van der Waals surface area contributed by atoms with E-state index in [1.807, 2.05) is 29.5 Å². The van der Waals surface area contributed by atoms with Gasteiger partial charge in [0.15, 0.2) is 0 Å². The molecule has 0 bridgehead atoms. The summed E-state index contributed by atoms with van der Waals surface area (Å²) in [7, 11) is 0. The van der Waals surface area contributed by atoms with Crippen LogP contribution < -0.4 is 0 Å². The predicted molar refractivity (Wildman–Crippen MR) is 82.0 cm³/mol. The Bertz CT molecular complexity index is 675. The molecule has 0 atom stereocenters. The van der Waals surface area contributed by atoms with Crippen LogP contribution in [0.1, 0.15) is 21.3 Å². The van der Waals surface area contributed by atoms with Crippen LogP contribution in [0.25, 0.3) is 0 Å². The van der Waals surface area contributed by atoms with Crippen molar-refractivity contribution in [1.29, 1.82) is 0 Å². The Morgan fingerprint density at radius 1 is 1.25 bits per heavy atom. The van der Waals surface area contributed by atoms with Crippen LogP contribution in [0.5, 0.6) is 0 Å². The van der Waals surface area contributed by atoms with Crippen molar-refractivity contribution in [2.45, 2.75) is 24.3 Å². The zero-order chi connectivity index (χ0) is 13.8. The SMILES string of the molecule is Cc1ccc(CSc2n[nH]c(Cc3ccccn3)n2)s1. The molecule has 0 fully saturated rings. The Morgan fingerprint density at radius 2 is 2.20 bits per heavy atom. The first-order valence-electron chi connectivity index (χ1n) is 6.29. The summed E-state index contributed by atoms with van der Waals surface area (Å²) < 4.78 is 0. The molecule has 102 valence electrons. The second-order valence-electron chi connectivity index (χ2n) is 4.36. The lowest BCUT2D eigenvalue weighted by Crippen LogP contribution is -1.93. The number of aromatic nitrogens is 4. The third-order valence-corrected chi connectivity index (χ3v) is 4.80. The number of nitrogens with one attached hydrogen (secondary N) is 1. The fraction of sp³-hybridized carbons (Fsp3) is 0.214. The molecule has 3 aromatic heterocycles. The zero-order valence-corrected chi connectivity index (χ0v) is 12.7. The molecule has 0 saturated heterocycles. The molecule has 6 heteroatoms. The standard InChI is InChI=1S/C14H14N4S2/c1-10-5-6-12(20-10)9-19-14-16-13(17-18-14)8-11-4-2-3-7-15-11/h2-7H,8-9H2,1H3,(H,16,17,18). The highest BCUT2D eigenvalue weighted by Gasteiger charge is 2.06.